The van der Waals surface area contributed by atoms with Crippen LogP contribution in [0.15, 0.2) is 39.6 Å². The molecular weight excluding hydrogens is 176 g/mol. The monoisotopic (exact) mass is 192 g/mol. The van der Waals surface area contributed by atoms with Gasteiger partial charge in [0.15, 0.2) is 0 Å². The van der Waals surface area contributed by atoms with E-state index >= 15 is 0 Å². The maximum atomic E-state index is 2.17. The molecule has 0 saturated carbocycles. The van der Waals surface area contributed by atoms with Gasteiger partial charge in [0.25, 0.3) is 0 Å². The van der Waals surface area contributed by atoms with Gasteiger partial charge in [-0.3, -0.25) is 0 Å². The second-order valence-corrected chi connectivity index (χ2v) is 4.68. The number of hydrogen-bond donors (Lipinski definition) is 0. The third kappa shape index (κ3) is 2.92. The van der Waals surface area contributed by atoms with Gasteiger partial charge in [-0.1, -0.05) is 35.5 Å². The Bertz CT molecular complexity index is 320. The molecule has 0 unspecified atom stereocenters. The van der Waals surface area contributed by atoms with E-state index < -0.39 is 0 Å². The molecule has 1 aromatic rings. The van der Waals surface area contributed by atoms with Crippen LogP contribution in [0.5, 0.6) is 0 Å². The van der Waals surface area contributed by atoms with Crippen LogP contribution in [-0.2, 0) is 0 Å². The lowest BCUT2D eigenvalue weighted by atomic mass is 10.2. The van der Waals surface area contributed by atoms with Crippen LogP contribution in [0, 0.1) is 6.92 Å². The van der Waals surface area contributed by atoms with Gasteiger partial charge in [0.1, 0.15) is 0 Å². The molecule has 13 heavy (non-hydrogen) atoms. The quantitative estimate of drug-likeness (QED) is 0.626. The van der Waals surface area contributed by atoms with Crippen molar-refractivity contribution in [3.63, 3.8) is 0 Å². The molecule has 1 rings (SSSR count). The van der Waals surface area contributed by atoms with Gasteiger partial charge in [-0.2, -0.15) is 0 Å². The van der Waals surface area contributed by atoms with Crippen molar-refractivity contribution in [1.29, 1.82) is 0 Å². The number of allylic oxidation sites excluding steroid dienone is 2. The Morgan fingerprint density at radius 1 is 1.08 bits per heavy atom. The zero-order valence-electron chi connectivity index (χ0n) is 8.72. The van der Waals surface area contributed by atoms with Gasteiger partial charge in [-0.05, 0) is 44.2 Å². The highest BCUT2D eigenvalue weighted by Gasteiger charge is 1.99. The van der Waals surface area contributed by atoms with Crippen molar-refractivity contribution in [3.8, 4) is 0 Å². The van der Waals surface area contributed by atoms with Gasteiger partial charge < -0.3 is 0 Å². The van der Waals surface area contributed by atoms with Crippen LogP contribution in [0.4, 0.5) is 0 Å². The van der Waals surface area contributed by atoms with E-state index in [0.29, 0.717) is 0 Å². The lowest BCUT2D eigenvalue weighted by Gasteiger charge is -2.06. The predicted octanol–water partition coefficient (Wildman–Crippen LogP) is 4.40. The standard InChI is InChI=1S/C12H16S/c1-9(2)11(4)13-12-8-6-5-7-10(12)3/h5-8H,1-4H3. The minimum Gasteiger partial charge on any atom is -0.0946 e. The molecule has 0 radical (unpaired) electrons. The first-order valence-electron chi connectivity index (χ1n) is 4.49. The Morgan fingerprint density at radius 2 is 1.69 bits per heavy atom. The zero-order valence-corrected chi connectivity index (χ0v) is 9.53. The first-order valence-corrected chi connectivity index (χ1v) is 5.30. The first kappa shape index (κ1) is 10.4. The highest BCUT2D eigenvalue weighted by Crippen LogP contribution is 2.30. The van der Waals surface area contributed by atoms with Crippen LogP contribution in [0.3, 0.4) is 0 Å². The second kappa shape index (κ2) is 4.52. The molecular formula is C12H16S. The Morgan fingerprint density at radius 3 is 2.23 bits per heavy atom. The zero-order chi connectivity index (χ0) is 9.84. The van der Waals surface area contributed by atoms with Crippen LogP contribution in [0.2, 0.25) is 0 Å². The van der Waals surface area contributed by atoms with Crippen molar-refractivity contribution in [1.82, 2.24) is 0 Å². The maximum Gasteiger partial charge on any atom is 0.0148 e. The molecule has 0 fully saturated rings. The molecule has 0 amide bonds. The summed E-state index contributed by atoms with van der Waals surface area (Å²) in [7, 11) is 0. The van der Waals surface area contributed by atoms with Crippen molar-refractivity contribution >= 4 is 11.8 Å². The minimum absolute atomic E-state index is 1.35. The number of thioether (sulfide) groups is 1. The lowest BCUT2D eigenvalue weighted by Crippen LogP contribution is -1.79. The summed E-state index contributed by atoms with van der Waals surface area (Å²) < 4.78 is 0. The highest BCUT2D eigenvalue weighted by atomic mass is 32.2. The van der Waals surface area contributed by atoms with Gasteiger partial charge in [0.2, 0.25) is 0 Å². The molecule has 1 aromatic carbocycles. The minimum atomic E-state index is 1.35. The number of benzene rings is 1. The van der Waals surface area contributed by atoms with E-state index in [4.69, 9.17) is 0 Å². The summed E-state index contributed by atoms with van der Waals surface area (Å²) in [6.07, 6.45) is 0. The van der Waals surface area contributed by atoms with Crippen LogP contribution >= 0.6 is 11.8 Å². The van der Waals surface area contributed by atoms with Crippen molar-refractivity contribution in [2.45, 2.75) is 32.6 Å². The number of rotatable bonds is 2. The fraction of sp³-hybridized carbons (Fsp3) is 0.333. The van der Waals surface area contributed by atoms with Crippen LogP contribution in [0.1, 0.15) is 26.3 Å². The van der Waals surface area contributed by atoms with E-state index in [9.17, 15) is 0 Å². The van der Waals surface area contributed by atoms with Crippen molar-refractivity contribution in [2.75, 3.05) is 0 Å². The molecule has 0 aromatic heterocycles. The summed E-state index contributed by atoms with van der Waals surface area (Å²) in [5, 5.41) is 0. The average molecular weight is 192 g/mol. The molecule has 0 nitrogen and oxygen atoms in total. The van der Waals surface area contributed by atoms with E-state index in [1.54, 1.807) is 0 Å². The average Bonchev–Trinajstić information content (AvgIpc) is 2.08. The molecule has 0 bridgehead atoms. The van der Waals surface area contributed by atoms with Gasteiger partial charge in [0.05, 0.1) is 0 Å². The Kier molecular flexibility index (Phi) is 3.61. The summed E-state index contributed by atoms with van der Waals surface area (Å²) in [5.74, 6) is 0. The Balaban J connectivity index is 2.87. The third-order valence-electron chi connectivity index (χ3n) is 2.06. The van der Waals surface area contributed by atoms with Crippen LogP contribution in [-0.4, -0.2) is 0 Å². The molecule has 0 aliphatic heterocycles. The van der Waals surface area contributed by atoms with Gasteiger partial charge in [0, 0.05) is 4.90 Å². The Labute approximate surface area is 85.1 Å². The van der Waals surface area contributed by atoms with Gasteiger partial charge in [-0.25, -0.2) is 0 Å². The van der Waals surface area contributed by atoms with Gasteiger partial charge >= 0.3 is 0 Å². The molecule has 0 aliphatic carbocycles. The summed E-state index contributed by atoms with van der Waals surface area (Å²) in [4.78, 5) is 2.76. The second-order valence-electron chi connectivity index (χ2n) is 3.42. The summed E-state index contributed by atoms with van der Waals surface area (Å²) in [6, 6.07) is 8.50. The van der Waals surface area contributed by atoms with E-state index in [-0.39, 0.29) is 0 Å². The number of hydrogen-bond acceptors (Lipinski definition) is 1. The molecule has 0 atom stereocenters. The normalized spacial score (nSPS) is 9.85. The molecule has 1 heteroatoms. The number of aryl methyl sites for hydroxylation is 1. The van der Waals surface area contributed by atoms with E-state index in [2.05, 4.69) is 52.0 Å². The summed E-state index contributed by atoms with van der Waals surface area (Å²) >= 11 is 1.86. The van der Waals surface area contributed by atoms with E-state index in [0.717, 1.165) is 0 Å². The fourth-order valence-electron chi connectivity index (χ4n) is 0.938. The van der Waals surface area contributed by atoms with Crippen LogP contribution < -0.4 is 0 Å². The van der Waals surface area contributed by atoms with Crippen molar-refractivity contribution < 1.29 is 0 Å². The summed E-state index contributed by atoms with van der Waals surface area (Å²) in [5.41, 5.74) is 2.75. The third-order valence-corrected chi connectivity index (χ3v) is 3.45. The molecule has 0 heterocycles. The molecule has 0 N–H and O–H groups in total. The van der Waals surface area contributed by atoms with Crippen molar-refractivity contribution in [2.24, 2.45) is 0 Å². The van der Waals surface area contributed by atoms with Crippen molar-refractivity contribution in [3.05, 3.63) is 40.3 Å². The van der Waals surface area contributed by atoms with Gasteiger partial charge in [-0.15, -0.1) is 0 Å². The first-order chi connectivity index (χ1) is 6.11. The predicted molar refractivity (Wildman–Crippen MR) is 61.1 cm³/mol. The smallest absolute Gasteiger partial charge is 0.0148 e. The largest absolute Gasteiger partial charge is 0.0946 e. The lowest BCUT2D eigenvalue weighted by molar-refractivity contribution is 1.29. The highest BCUT2D eigenvalue weighted by molar-refractivity contribution is 8.03. The Hall–Kier alpha value is -0.690. The topological polar surface area (TPSA) is 0 Å². The van der Waals surface area contributed by atoms with E-state index in [1.165, 1.54) is 20.9 Å². The summed E-state index contributed by atoms with van der Waals surface area (Å²) in [6.45, 7) is 8.63. The maximum absolute atomic E-state index is 2.17. The molecule has 70 valence electrons. The van der Waals surface area contributed by atoms with E-state index in [1.807, 2.05) is 11.8 Å². The SMILES string of the molecule is CC(C)=C(C)Sc1ccccc1C. The molecule has 0 saturated heterocycles. The fourth-order valence-corrected chi connectivity index (χ4v) is 1.85. The molecule has 0 spiro atoms. The molecule has 0 aliphatic rings. The van der Waals surface area contributed by atoms with Crippen LogP contribution in [0.25, 0.3) is 0 Å².